The Balaban J connectivity index is 1.48. The van der Waals surface area contributed by atoms with Crippen LogP contribution in [-0.2, 0) is 0 Å². The second-order valence-electron chi connectivity index (χ2n) is 6.52. The van der Waals surface area contributed by atoms with E-state index in [0.717, 1.165) is 42.2 Å². The highest BCUT2D eigenvalue weighted by molar-refractivity contribution is 7.13. The SMILES string of the molecule is NCC1CCN(C(=O)c2csc(-c3cnn(-c4ccccc4)c3)n2)CC1. The van der Waals surface area contributed by atoms with E-state index in [0.29, 0.717) is 18.2 Å². The van der Waals surface area contributed by atoms with Gasteiger partial charge in [-0.25, -0.2) is 9.67 Å². The maximum absolute atomic E-state index is 12.7. The van der Waals surface area contributed by atoms with E-state index in [9.17, 15) is 4.79 Å². The minimum Gasteiger partial charge on any atom is -0.337 e. The van der Waals surface area contributed by atoms with Crippen LogP contribution < -0.4 is 5.73 Å². The molecule has 1 saturated heterocycles. The number of carbonyl (C=O) groups is 1. The van der Waals surface area contributed by atoms with Crippen LogP contribution in [0.4, 0.5) is 0 Å². The third kappa shape index (κ3) is 3.40. The van der Waals surface area contributed by atoms with E-state index in [1.165, 1.54) is 11.3 Å². The summed E-state index contributed by atoms with van der Waals surface area (Å²) < 4.78 is 1.82. The molecule has 7 heteroatoms. The van der Waals surface area contributed by atoms with Crippen LogP contribution in [0.25, 0.3) is 16.3 Å². The molecular formula is C19H21N5OS. The molecule has 0 atom stereocenters. The van der Waals surface area contributed by atoms with Crippen molar-refractivity contribution >= 4 is 17.2 Å². The summed E-state index contributed by atoms with van der Waals surface area (Å²) in [4.78, 5) is 19.1. The Morgan fingerprint density at radius 1 is 1.23 bits per heavy atom. The third-order valence-corrected chi connectivity index (χ3v) is 5.70. The average molecular weight is 367 g/mol. The first kappa shape index (κ1) is 16.9. The zero-order valence-corrected chi connectivity index (χ0v) is 15.2. The van der Waals surface area contributed by atoms with E-state index in [2.05, 4.69) is 10.1 Å². The third-order valence-electron chi connectivity index (χ3n) is 4.81. The molecule has 6 nitrogen and oxygen atoms in total. The number of piperidine rings is 1. The number of thiazole rings is 1. The highest BCUT2D eigenvalue weighted by Gasteiger charge is 2.24. The van der Waals surface area contributed by atoms with Crippen LogP contribution in [0.2, 0.25) is 0 Å². The summed E-state index contributed by atoms with van der Waals surface area (Å²) in [5.74, 6) is 0.548. The van der Waals surface area contributed by atoms with Crippen molar-refractivity contribution in [2.24, 2.45) is 11.7 Å². The highest BCUT2D eigenvalue weighted by Crippen LogP contribution is 2.26. The fraction of sp³-hybridized carbons (Fsp3) is 0.316. The highest BCUT2D eigenvalue weighted by atomic mass is 32.1. The zero-order chi connectivity index (χ0) is 17.9. The lowest BCUT2D eigenvalue weighted by Crippen LogP contribution is -2.40. The van der Waals surface area contributed by atoms with Crippen molar-refractivity contribution in [2.45, 2.75) is 12.8 Å². The van der Waals surface area contributed by atoms with Gasteiger partial charge in [-0.1, -0.05) is 18.2 Å². The molecule has 26 heavy (non-hydrogen) atoms. The molecule has 0 bridgehead atoms. The molecule has 0 aliphatic carbocycles. The summed E-state index contributed by atoms with van der Waals surface area (Å²) in [5, 5.41) is 7.05. The van der Waals surface area contributed by atoms with E-state index in [-0.39, 0.29) is 5.91 Å². The quantitative estimate of drug-likeness (QED) is 0.769. The Bertz CT molecular complexity index is 880. The zero-order valence-electron chi connectivity index (χ0n) is 14.4. The van der Waals surface area contributed by atoms with Crippen LogP contribution in [0.15, 0.2) is 48.1 Å². The molecule has 3 aromatic rings. The van der Waals surface area contributed by atoms with Gasteiger partial charge in [0, 0.05) is 30.2 Å². The molecule has 2 N–H and O–H groups in total. The molecule has 0 saturated carbocycles. The second kappa shape index (κ2) is 7.39. The fourth-order valence-corrected chi connectivity index (χ4v) is 3.96. The van der Waals surface area contributed by atoms with Gasteiger partial charge in [-0.3, -0.25) is 4.79 Å². The lowest BCUT2D eigenvalue weighted by Gasteiger charge is -2.30. The van der Waals surface area contributed by atoms with Gasteiger partial charge in [-0.2, -0.15) is 5.10 Å². The topological polar surface area (TPSA) is 77.0 Å². The molecule has 0 unspecified atom stereocenters. The van der Waals surface area contributed by atoms with Crippen molar-refractivity contribution in [1.82, 2.24) is 19.7 Å². The minimum atomic E-state index is 0.0124. The smallest absolute Gasteiger partial charge is 0.273 e. The van der Waals surface area contributed by atoms with Gasteiger partial charge in [0.2, 0.25) is 0 Å². The van der Waals surface area contributed by atoms with Crippen molar-refractivity contribution in [3.05, 3.63) is 53.8 Å². The molecule has 2 aromatic heterocycles. The number of hydrogen-bond donors (Lipinski definition) is 1. The van der Waals surface area contributed by atoms with Crippen molar-refractivity contribution in [2.75, 3.05) is 19.6 Å². The molecule has 0 spiro atoms. The predicted octanol–water partition coefficient (Wildman–Crippen LogP) is 2.81. The number of para-hydroxylation sites is 1. The van der Waals surface area contributed by atoms with Gasteiger partial charge in [-0.05, 0) is 37.4 Å². The standard InChI is InChI=1S/C19H21N5OS/c20-10-14-6-8-23(9-7-14)19(25)17-13-26-18(22-17)15-11-21-24(12-15)16-4-2-1-3-5-16/h1-5,11-14H,6-10,20H2. The molecule has 1 amide bonds. The van der Waals surface area contributed by atoms with E-state index in [4.69, 9.17) is 5.73 Å². The van der Waals surface area contributed by atoms with Crippen molar-refractivity contribution in [3.8, 4) is 16.3 Å². The Morgan fingerprint density at radius 2 is 2.00 bits per heavy atom. The number of hydrogen-bond acceptors (Lipinski definition) is 5. The van der Waals surface area contributed by atoms with Gasteiger partial charge in [0.1, 0.15) is 10.7 Å². The van der Waals surface area contributed by atoms with Gasteiger partial charge in [0.05, 0.1) is 11.9 Å². The number of likely N-dealkylation sites (tertiary alicyclic amines) is 1. The van der Waals surface area contributed by atoms with E-state index in [1.54, 1.807) is 6.20 Å². The summed E-state index contributed by atoms with van der Waals surface area (Å²) in [6.45, 7) is 2.23. The normalized spacial score (nSPS) is 15.3. The van der Waals surface area contributed by atoms with Gasteiger partial charge < -0.3 is 10.6 Å². The molecule has 1 aliphatic heterocycles. The van der Waals surface area contributed by atoms with Crippen LogP contribution in [0.5, 0.6) is 0 Å². The van der Waals surface area contributed by atoms with Gasteiger partial charge in [0.15, 0.2) is 0 Å². The van der Waals surface area contributed by atoms with Crippen LogP contribution in [-0.4, -0.2) is 45.2 Å². The number of rotatable bonds is 4. The second-order valence-corrected chi connectivity index (χ2v) is 7.38. The molecular weight excluding hydrogens is 346 g/mol. The first-order valence-corrected chi connectivity index (χ1v) is 9.68. The summed E-state index contributed by atoms with van der Waals surface area (Å²) >= 11 is 1.48. The van der Waals surface area contributed by atoms with Gasteiger partial charge >= 0.3 is 0 Å². The van der Waals surface area contributed by atoms with Gasteiger partial charge in [0.25, 0.3) is 5.91 Å². The molecule has 1 aliphatic rings. The monoisotopic (exact) mass is 367 g/mol. The molecule has 3 heterocycles. The number of nitrogens with zero attached hydrogens (tertiary/aromatic N) is 4. The molecule has 134 valence electrons. The summed E-state index contributed by atoms with van der Waals surface area (Å²) in [6, 6.07) is 9.93. The Hall–Kier alpha value is -2.51. The largest absolute Gasteiger partial charge is 0.337 e. The van der Waals surface area contributed by atoms with Crippen molar-refractivity contribution < 1.29 is 4.79 Å². The molecule has 1 fully saturated rings. The Kier molecular flexibility index (Phi) is 4.81. The number of amides is 1. The summed E-state index contributed by atoms with van der Waals surface area (Å²) in [5.41, 5.74) is 8.15. The summed E-state index contributed by atoms with van der Waals surface area (Å²) in [7, 11) is 0. The molecule has 4 rings (SSSR count). The van der Waals surface area contributed by atoms with E-state index in [1.807, 2.05) is 51.5 Å². The Morgan fingerprint density at radius 3 is 2.73 bits per heavy atom. The first-order valence-electron chi connectivity index (χ1n) is 8.80. The van der Waals surface area contributed by atoms with Gasteiger partial charge in [-0.15, -0.1) is 11.3 Å². The number of carbonyl (C=O) groups excluding carboxylic acids is 1. The van der Waals surface area contributed by atoms with Crippen LogP contribution in [0.3, 0.4) is 0 Å². The summed E-state index contributed by atoms with van der Waals surface area (Å²) in [6.07, 6.45) is 5.67. The van der Waals surface area contributed by atoms with Crippen LogP contribution >= 0.6 is 11.3 Å². The fourth-order valence-electron chi connectivity index (χ4n) is 3.19. The average Bonchev–Trinajstić information content (AvgIpc) is 3.38. The first-order chi connectivity index (χ1) is 12.7. The van der Waals surface area contributed by atoms with Crippen LogP contribution in [0.1, 0.15) is 23.3 Å². The van der Waals surface area contributed by atoms with E-state index >= 15 is 0 Å². The van der Waals surface area contributed by atoms with Crippen molar-refractivity contribution in [3.63, 3.8) is 0 Å². The number of nitrogens with two attached hydrogens (primary N) is 1. The Labute approximate surface area is 156 Å². The molecule has 1 aromatic carbocycles. The predicted molar refractivity (Wildman–Crippen MR) is 102 cm³/mol. The van der Waals surface area contributed by atoms with Crippen LogP contribution in [0, 0.1) is 5.92 Å². The number of aromatic nitrogens is 3. The minimum absolute atomic E-state index is 0.0124. The lowest BCUT2D eigenvalue weighted by molar-refractivity contribution is 0.0688. The lowest BCUT2D eigenvalue weighted by atomic mass is 9.97. The molecule has 0 radical (unpaired) electrons. The maximum Gasteiger partial charge on any atom is 0.273 e. The van der Waals surface area contributed by atoms with E-state index < -0.39 is 0 Å². The maximum atomic E-state index is 12.7. The van der Waals surface area contributed by atoms with Crippen molar-refractivity contribution in [1.29, 1.82) is 0 Å². The number of benzene rings is 1.